The highest BCUT2D eigenvalue weighted by Crippen LogP contribution is 2.21. The standard InChI is InChI=1S/C14H20F3NO2/c1-10(2)20-12-5-3-4-11(8-12)13(18)6-7-19-9-14(15,16)17/h3-5,8,10,13H,6-7,9,18H2,1-2H3. The Hall–Kier alpha value is -1.27. The van der Waals surface area contributed by atoms with Crippen LogP contribution in [0, 0.1) is 0 Å². The van der Waals surface area contributed by atoms with Crippen LogP contribution in [0.2, 0.25) is 0 Å². The minimum atomic E-state index is -4.30. The molecule has 114 valence electrons. The normalized spacial score (nSPS) is 13.6. The molecule has 20 heavy (non-hydrogen) atoms. The van der Waals surface area contributed by atoms with E-state index in [1.807, 2.05) is 32.0 Å². The van der Waals surface area contributed by atoms with Crippen LogP contribution in [0.25, 0.3) is 0 Å². The number of hydrogen-bond acceptors (Lipinski definition) is 3. The monoisotopic (exact) mass is 291 g/mol. The van der Waals surface area contributed by atoms with Crippen LogP contribution in [-0.4, -0.2) is 25.5 Å². The smallest absolute Gasteiger partial charge is 0.411 e. The van der Waals surface area contributed by atoms with Gasteiger partial charge in [0.1, 0.15) is 12.4 Å². The molecule has 1 aromatic rings. The highest BCUT2D eigenvalue weighted by atomic mass is 19.4. The molecule has 6 heteroatoms. The average molecular weight is 291 g/mol. The van der Waals surface area contributed by atoms with Crippen molar-refractivity contribution in [3.8, 4) is 5.75 Å². The largest absolute Gasteiger partial charge is 0.491 e. The lowest BCUT2D eigenvalue weighted by atomic mass is 10.0. The first-order valence-electron chi connectivity index (χ1n) is 6.44. The fourth-order valence-electron chi connectivity index (χ4n) is 1.66. The van der Waals surface area contributed by atoms with Crippen LogP contribution in [0.15, 0.2) is 24.3 Å². The number of ether oxygens (including phenoxy) is 2. The van der Waals surface area contributed by atoms with Gasteiger partial charge in [-0.05, 0) is 38.0 Å². The summed E-state index contributed by atoms with van der Waals surface area (Å²) in [6.45, 7) is 2.56. The lowest BCUT2D eigenvalue weighted by molar-refractivity contribution is -0.174. The number of halogens is 3. The minimum Gasteiger partial charge on any atom is -0.491 e. The predicted molar refractivity (Wildman–Crippen MR) is 70.6 cm³/mol. The lowest BCUT2D eigenvalue weighted by Gasteiger charge is -2.15. The summed E-state index contributed by atoms with van der Waals surface area (Å²) >= 11 is 0. The second-order valence-corrected chi connectivity index (χ2v) is 4.80. The second-order valence-electron chi connectivity index (χ2n) is 4.80. The third kappa shape index (κ3) is 6.77. The number of rotatable bonds is 7. The Bertz CT molecular complexity index is 408. The SMILES string of the molecule is CC(C)Oc1cccc(C(N)CCOCC(F)(F)F)c1. The third-order valence-electron chi connectivity index (χ3n) is 2.50. The average Bonchev–Trinajstić information content (AvgIpc) is 2.32. The van der Waals surface area contributed by atoms with Gasteiger partial charge in [0, 0.05) is 12.6 Å². The fourth-order valence-corrected chi connectivity index (χ4v) is 1.66. The highest BCUT2D eigenvalue weighted by molar-refractivity contribution is 5.30. The zero-order valence-electron chi connectivity index (χ0n) is 11.6. The summed E-state index contributed by atoms with van der Waals surface area (Å²) in [7, 11) is 0. The molecule has 3 nitrogen and oxygen atoms in total. The highest BCUT2D eigenvalue weighted by Gasteiger charge is 2.27. The van der Waals surface area contributed by atoms with E-state index < -0.39 is 12.8 Å². The molecular weight excluding hydrogens is 271 g/mol. The molecule has 0 aromatic heterocycles. The zero-order chi connectivity index (χ0) is 15.2. The van der Waals surface area contributed by atoms with Gasteiger partial charge in [-0.2, -0.15) is 13.2 Å². The van der Waals surface area contributed by atoms with Crippen LogP contribution in [0.1, 0.15) is 31.9 Å². The molecule has 2 N–H and O–H groups in total. The van der Waals surface area contributed by atoms with Gasteiger partial charge in [-0.25, -0.2) is 0 Å². The number of benzene rings is 1. The molecule has 0 aliphatic rings. The Morgan fingerprint density at radius 1 is 1.25 bits per heavy atom. The quantitative estimate of drug-likeness (QED) is 0.783. The number of alkyl halides is 3. The Labute approximate surface area is 116 Å². The van der Waals surface area contributed by atoms with Gasteiger partial charge < -0.3 is 15.2 Å². The van der Waals surface area contributed by atoms with Crippen LogP contribution in [-0.2, 0) is 4.74 Å². The van der Waals surface area contributed by atoms with Crippen LogP contribution < -0.4 is 10.5 Å². The van der Waals surface area contributed by atoms with Crippen LogP contribution in [0.3, 0.4) is 0 Å². The van der Waals surface area contributed by atoms with Crippen molar-refractivity contribution in [2.45, 2.75) is 38.6 Å². The fraction of sp³-hybridized carbons (Fsp3) is 0.571. The van der Waals surface area contributed by atoms with E-state index in [0.717, 1.165) is 5.56 Å². The molecule has 1 atom stereocenters. The molecule has 0 saturated carbocycles. The van der Waals surface area contributed by atoms with E-state index in [-0.39, 0.29) is 18.8 Å². The van der Waals surface area contributed by atoms with Crippen molar-refractivity contribution in [1.29, 1.82) is 0 Å². The van der Waals surface area contributed by atoms with Crippen LogP contribution in [0.4, 0.5) is 13.2 Å². The van der Waals surface area contributed by atoms with E-state index in [9.17, 15) is 13.2 Å². The lowest BCUT2D eigenvalue weighted by Crippen LogP contribution is -2.19. The molecule has 0 heterocycles. The Kier molecular flexibility index (Phi) is 6.29. The molecule has 1 aromatic carbocycles. The molecule has 0 fully saturated rings. The second kappa shape index (κ2) is 7.50. The molecule has 0 saturated heterocycles. The first-order valence-corrected chi connectivity index (χ1v) is 6.44. The van der Waals surface area contributed by atoms with E-state index in [0.29, 0.717) is 12.2 Å². The van der Waals surface area contributed by atoms with Gasteiger partial charge in [0.15, 0.2) is 0 Å². The molecular formula is C14H20F3NO2. The van der Waals surface area contributed by atoms with Crippen molar-refractivity contribution in [1.82, 2.24) is 0 Å². The molecule has 0 aliphatic carbocycles. The Balaban J connectivity index is 2.44. The van der Waals surface area contributed by atoms with Crippen molar-refractivity contribution in [3.05, 3.63) is 29.8 Å². The number of hydrogen-bond donors (Lipinski definition) is 1. The van der Waals surface area contributed by atoms with E-state index in [1.165, 1.54) is 0 Å². The predicted octanol–water partition coefficient (Wildman–Crippen LogP) is 3.44. The molecule has 0 radical (unpaired) electrons. The van der Waals surface area contributed by atoms with E-state index in [1.54, 1.807) is 6.07 Å². The Morgan fingerprint density at radius 2 is 1.95 bits per heavy atom. The van der Waals surface area contributed by atoms with Gasteiger partial charge in [0.2, 0.25) is 0 Å². The van der Waals surface area contributed by atoms with Gasteiger partial charge in [-0.1, -0.05) is 12.1 Å². The topological polar surface area (TPSA) is 44.5 Å². The summed E-state index contributed by atoms with van der Waals surface area (Å²) in [5.74, 6) is 0.698. The molecule has 1 rings (SSSR count). The van der Waals surface area contributed by atoms with Crippen molar-refractivity contribution in [2.75, 3.05) is 13.2 Å². The van der Waals surface area contributed by atoms with Crippen molar-refractivity contribution >= 4 is 0 Å². The van der Waals surface area contributed by atoms with Gasteiger partial charge in [-0.3, -0.25) is 0 Å². The number of nitrogens with two attached hydrogens (primary N) is 1. The van der Waals surface area contributed by atoms with Gasteiger partial charge in [0.05, 0.1) is 6.10 Å². The maximum Gasteiger partial charge on any atom is 0.411 e. The van der Waals surface area contributed by atoms with Gasteiger partial charge >= 0.3 is 6.18 Å². The third-order valence-corrected chi connectivity index (χ3v) is 2.50. The zero-order valence-corrected chi connectivity index (χ0v) is 11.6. The first-order chi connectivity index (χ1) is 9.28. The summed E-state index contributed by atoms with van der Waals surface area (Å²) in [5, 5.41) is 0. The summed E-state index contributed by atoms with van der Waals surface area (Å²) in [4.78, 5) is 0. The van der Waals surface area contributed by atoms with E-state index in [2.05, 4.69) is 4.74 Å². The molecule has 0 spiro atoms. The maximum atomic E-state index is 11.9. The molecule has 0 amide bonds. The first kappa shape index (κ1) is 16.8. The van der Waals surface area contributed by atoms with Crippen LogP contribution >= 0.6 is 0 Å². The van der Waals surface area contributed by atoms with Gasteiger partial charge in [-0.15, -0.1) is 0 Å². The van der Waals surface area contributed by atoms with Crippen molar-refractivity contribution in [3.63, 3.8) is 0 Å². The van der Waals surface area contributed by atoms with E-state index in [4.69, 9.17) is 10.5 Å². The molecule has 1 unspecified atom stereocenters. The molecule has 0 bridgehead atoms. The van der Waals surface area contributed by atoms with Crippen LogP contribution in [0.5, 0.6) is 5.75 Å². The minimum absolute atomic E-state index is 0.0318. The summed E-state index contributed by atoms with van der Waals surface area (Å²) in [5.41, 5.74) is 6.75. The van der Waals surface area contributed by atoms with Crippen molar-refractivity contribution < 1.29 is 22.6 Å². The summed E-state index contributed by atoms with van der Waals surface area (Å²) in [6.07, 6.45) is -3.92. The van der Waals surface area contributed by atoms with Gasteiger partial charge in [0.25, 0.3) is 0 Å². The Morgan fingerprint density at radius 3 is 2.55 bits per heavy atom. The summed E-state index contributed by atoms with van der Waals surface area (Å²) < 4.78 is 45.8. The maximum absolute atomic E-state index is 11.9. The molecule has 0 aliphatic heterocycles. The van der Waals surface area contributed by atoms with Crippen molar-refractivity contribution in [2.24, 2.45) is 5.73 Å². The van der Waals surface area contributed by atoms with E-state index >= 15 is 0 Å². The summed E-state index contributed by atoms with van der Waals surface area (Å²) in [6, 6.07) is 6.87.